The number of rotatable bonds is 6. The molecule has 1 heterocycles. The third kappa shape index (κ3) is 3.93. The molecule has 0 atom stereocenters. The van der Waals surface area contributed by atoms with Crippen LogP contribution in [0, 0.1) is 0 Å². The number of hydrogen-bond donors (Lipinski definition) is 2. The number of amides is 1. The Balaban J connectivity index is 1.89. The number of aromatic nitrogens is 1. The van der Waals surface area contributed by atoms with Crippen molar-refractivity contribution < 1.29 is 14.6 Å². The number of aliphatic hydroxyl groups is 1. The third-order valence-electron chi connectivity index (χ3n) is 2.59. The lowest BCUT2D eigenvalue weighted by Crippen LogP contribution is -2.30. The van der Waals surface area contributed by atoms with Crippen molar-refractivity contribution in [3.8, 4) is 5.75 Å². The summed E-state index contributed by atoms with van der Waals surface area (Å²) in [6, 6.07) is 9.56. The molecule has 0 aliphatic carbocycles. The molecule has 0 saturated carbocycles. The Morgan fingerprint density at radius 1 is 1.37 bits per heavy atom. The zero-order chi connectivity index (χ0) is 13.5. The van der Waals surface area contributed by atoms with Crippen LogP contribution in [0.5, 0.6) is 5.75 Å². The van der Waals surface area contributed by atoms with Crippen molar-refractivity contribution in [3.05, 3.63) is 36.5 Å². The monoisotopic (exact) mass is 260 g/mol. The van der Waals surface area contributed by atoms with Crippen LogP contribution in [0.1, 0.15) is 6.42 Å². The first kappa shape index (κ1) is 13.3. The van der Waals surface area contributed by atoms with Gasteiger partial charge in [-0.1, -0.05) is 18.2 Å². The van der Waals surface area contributed by atoms with Crippen molar-refractivity contribution in [2.24, 2.45) is 0 Å². The highest BCUT2D eigenvalue weighted by Crippen LogP contribution is 2.17. The van der Waals surface area contributed by atoms with Crippen molar-refractivity contribution >= 4 is 16.8 Å². The maximum Gasteiger partial charge on any atom is 0.257 e. The van der Waals surface area contributed by atoms with Crippen LogP contribution >= 0.6 is 0 Å². The second kappa shape index (κ2) is 6.70. The summed E-state index contributed by atoms with van der Waals surface area (Å²) < 4.78 is 5.37. The van der Waals surface area contributed by atoms with Crippen LogP contribution in [0.25, 0.3) is 10.9 Å². The van der Waals surface area contributed by atoms with Crippen LogP contribution < -0.4 is 10.1 Å². The van der Waals surface area contributed by atoms with E-state index in [1.165, 1.54) is 0 Å². The minimum absolute atomic E-state index is 0.0501. The highest BCUT2D eigenvalue weighted by molar-refractivity contribution is 5.80. The summed E-state index contributed by atoms with van der Waals surface area (Å²) >= 11 is 0. The van der Waals surface area contributed by atoms with E-state index in [0.717, 1.165) is 10.9 Å². The van der Waals surface area contributed by atoms with Crippen LogP contribution in [0.2, 0.25) is 0 Å². The molecule has 0 saturated heterocycles. The Morgan fingerprint density at radius 2 is 2.21 bits per heavy atom. The van der Waals surface area contributed by atoms with Gasteiger partial charge in [0.1, 0.15) is 5.75 Å². The number of aliphatic hydroxyl groups excluding tert-OH is 1. The molecule has 2 aromatic rings. The molecule has 0 radical (unpaired) electrons. The Bertz CT molecular complexity index is 557. The lowest BCUT2D eigenvalue weighted by molar-refractivity contribution is -0.123. The Kier molecular flexibility index (Phi) is 4.69. The molecule has 1 amide bonds. The van der Waals surface area contributed by atoms with Crippen molar-refractivity contribution in [1.82, 2.24) is 10.3 Å². The molecule has 5 heteroatoms. The number of benzene rings is 1. The van der Waals surface area contributed by atoms with Gasteiger partial charge in [0.25, 0.3) is 5.91 Å². The minimum atomic E-state index is -0.207. The molecule has 0 unspecified atom stereocenters. The van der Waals surface area contributed by atoms with Crippen molar-refractivity contribution in [2.75, 3.05) is 19.8 Å². The van der Waals surface area contributed by atoms with Crippen molar-refractivity contribution in [1.29, 1.82) is 0 Å². The summed E-state index contributed by atoms with van der Waals surface area (Å²) in [5.41, 5.74) is 0.891. The second-order valence-electron chi connectivity index (χ2n) is 4.08. The number of nitrogens with zero attached hydrogens (tertiary/aromatic N) is 1. The van der Waals surface area contributed by atoms with Gasteiger partial charge >= 0.3 is 0 Å². The number of para-hydroxylation sites is 1. The van der Waals surface area contributed by atoms with Crippen molar-refractivity contribution in [2.45, 2.75) is 6.42 Å². The number of fused-ring (bicyclic) bond motifs is 1. The highest BCUT2D eigenvalue weighted by atomic mass is 16.5. The number of hydrogen-bond acceptors (Lipinski definition) is 4. The van der Waals surface area contributed by atoms with E-state index in [9.17, 15) is 4.79 Å². The van der Waals surface area contributed by atoms with E-state index in [4.69, 9.17) is 9.84 Å². The highest BCUT2D eigenvalue weighted by Gasteiger charge is 2.03. The van der Waals surface area contributed by atoms with Crippen LogP contribution in [-0.2, 0) is 4.79 Å². The third-order valence-corrected chi connectivity index (χ3v) is 2.59. The van der Waals surface area contributed by atoms with Crippen LogP contribution in [0.3, 0.4) is 0 Å². The SMILES string of the molecule is O=C(COc1cnc2ccccc2c1)NCCCO. The fourth-order valence-electron chi connectivity index (χ4n) is 1.64. The number of pyridine rings is 1. The Labute approximate surface area is 111 Å². The molecular formula is C14H16N2O3. The first-order valence-electron chi connectivity index (χ1n) is 6.15. The molecule has 0 aliphatic heterocycles. The number of carbonyl (C=O) groups excluding carboxylic acids is 1. The summed E-state index contributed by atoms with van der Waals surface area (Å²) in [7, 11) is 0. The predicted molar refractivity (Wildman–Crippen MR) is 72.0 cm³/mol. The van der Waals surface area contributed by atoms with Gasteiger partial charge in [-0.2, -0.15) is 0 Å². The van der Waals surface area contributed by atoms with Gasteiger partial charge in [0.05, 0.1) is 11.7 Å². The van der Waals surface area contributed by atoms with Gasteiger partial charge < -0.3 is 15.2 Å². The maximum absolute atomic E-state index is 11.4. The normalized spacial score (nSPS) is 10.4. The van der Waals surface area contributed by atoms with E-state index >= 15 is 0 Å². The van der Waals surface area contributed by atoms with Gasteiger partial charge in [-0.3, -0.25) is 9.78 Å². The summed E-state index contributed by atoms with van der Waals surface area (Å²) in [4.78, 5) is 15.7. The molecular weight excluding hydrogens is 244 g/mol. The summed E-state index contributed by atoms with van der Waals surface area (Å²) in [6.45, 7) is 0.468. The number of carbonyl (C=O) groups is 1. The molecule has 1 aromatic carbocycles. The molecule has 5 nitrogen and oxygen atoms in total. The van der Waals surface area contributed by atoms with Crippen LogP contribution in [0.15, 0.2) is 36.5 Å². The fourth-order valence-corrected chi connectivity index (χ4v) is 1.64. The van der Waals surface area contributed by atoms with Gasteiger partial charge in [0.2, 0.25) is 0 Å². The average molecular weight is 260 g/mol. The van der Waals surface area contributed by atoms with Crippen molar-refractivity contribution in [3.63, 3.8) is 0 Å². The van der Waals surface area contributed by atoms with Gasteiger partial charge in [-0.25, -0.2) is 0 Å². The zero-order valence-corrected chi connectivity index (χ0v) is 10.5. The Morgan fingerprint density at radius 3 is 3.05 bits per heavy atom. The number of ether oxygens (including phenoxy) is 1. The largest absolute Gasteiger partial charge is 0.482 e. The average Bonchev–Trinajstić information content (AvgIpc) is 2.45. The molecule has 0 spiro atoms. The first-order chi connectivity index (χ1) is 9.29. The van der Waals surface area contributed by atoms with E-state index in [0.29, 0.717) is 18.7 Å². The second-order valence-corrected chi connectivity index (χ2v) is 4.08. The molecule has 2 rings (SSSR count). The maximum atomic E-state index is 11.4. The first-order valence-corrected chi connectivity index (χ1v) is 6.15. The van der Waals surface area contributed by atoms with Crippen LogP contribution in [-0.4, -0.2) is 35.8 Å². The smallest absolute Gasteiger partial charge is 0.257 e. The topological polar surface area (TPSA) is 71.5 Å². The van der Waals surface area contributed by atoms with E-state index < -0.39 is 0 Å². The minimum Gasteiger partial charge on any atom is -0.482 e. The fraction of sp³-hybridized carbons (Fsp3) is 0.286. The molecule has 1 aromatic heterocycles. The molecule has 100 valence electrons. The van der Waals surface area contributed by atoms with Gasteiger partial charge in [0.15, 0.2) is 6.61 Å². The standard InChI is InChI=1S/C14H16N2O3/c17-7-3-6-15-14(18)10-19-12-8-11-4-1-2-5-13(11)16-9-12/h1-2,4-5,8-9,17H,3,6-7,10H2,(H,15,18). The summed E-state index contributed by atoms with van der Waals surface area (Å²) in [5, 5.41) is 12.2. The molecule has 2 N–H and O–H groups in total. The van der Waals surface area contributed by atoms with E-state index in [1.807, 2.05) is 30.3 Å². The van der Waals surface area contributed by atoms with E-state index in [2.05, 4.69) is 10.3 Å². The van der Waals surface area contributed by atoms with Crippen LogP contribution in [0.4, 0.5) is 0 Å². The lowest BCUT2D eigenvalue weighted by atomic mass is 10.2. The van der Waals surface area contributed by atoms with Gasteiger partial charge in [0, 0.05) is 18.5 Å². The Hall–Kier alpha value is -2.14. The summed E-state index contributed by atoms with van der Waals surface area (Å²) in [5.74, 6) is 0.359. The lowest BCUT2D eigenvalue weighted by Gasteiger charge is -2.07. The van der Waals surface area contributed by atoms with E-state index in [-0.39, 0.29) is 19.1 Å². The predicted octanol–water partition coefficient (Wildman–Crippen LogP) is 1.11. The van der Waals surface area contributed by atoms with Gasteiger partial charge in [-0.15, -0.1) is 0 Å². The van der Waals surface area contributed by atoms with E-state index in [1.54, 1.807) is 6.20 Å². The molecule has 0 bridgehead atoms. The quantitative estimate of drug-likeness (QED) is 0.763. The molecule has 19 heavy (non-hydrogen) atoms. The summed E-state index contributed by atoms with van der Waals surface area (Å²) in [6.07, 6.45) is 2.15. The zero-order valence-electron chi connectivity index (χ0n) is 10.5. The molecule has 0 aliphatic rings. The number of nitrogens with one attached hydrogen (secondary N) is 1. The van der Waals surface area contributed by atoms with Gasteiger partial charge in [-0.05, 0) is 18.6 Å². The molecule has 0 fully saturated rings.